The van der Waals surface area contributed by atoms with Crippen molar-refractivity contribution in [2.75, 3.05) is 20.6 Å². The van der Waals surface area contributed by atoms with Crippen LogP contribution in [0.15, 0.2) is 30.3 Å². The van der Waals surface area contributed by atoms with Crippen molar-refractivity contribution < 1.29 is 9.59 Å². The first-order chi connectivity index (χ1) is 16.3. The third-order valence-electron chi connectivity index (χ3n) is 6.63. The first-order valence-electron chi connectivity index (χ1n) is 12.5. The molecule has 0 unspecified atom stereocenters. The lowest BCUT2D eigenvalue weighted by Crippen LogP contribution is -2.50. The minimum atomic E-state index is -0.495. The van der Waals surface area contributed by atoms with Gasteiger partial charge in [0.2, 0.25) is 5.91 Å². The summed E-state index contributed by atoms with van der Waals surface area (Å²) in [7, 11) is 4.10. The second-order valence-corrected chi connectivity index (χ2v) is 10.2. The number of fused-ring (bicyclic) bond motifs is 1. The van der Waals surface area contributed by atoms with Crippen LogP contribution in [-0.4, -0.2) is 54.0 Å². The molecule has 7 heteroatoms. The van der Waals surface area contributed by atoms with Gasteiger partial charge in [0.15, 0.2) is 0 Å². The molecule has 1 aromatic heterocycles. The number of amides is 2. The number of rotatable bonds is 10. The van der Waals surface area contributed by atoms with E-state index in [4.69, 9.17) is 0 Å². The van der Waals surface area contributed by atoms with Crippen LogP contribution in [0.2, 0.25) is 0 Å². The second-order valence-electron chi connectivity index (χ2n) is 10.2. The van der Waals surface area contributed by atoms with Crippen LogP contribution < -0.4 is 10.6 Å². The van der Waals surface area contributed by atoms with E-state index in [1.54, 1.807) is 0 Å². The molecule has 1 fully saturated rings. The first kappa shape index (κ1) is 25.8. The Balaban J connectivity index is 1.76. The summed E-state index contributed by atoms with van der Waals surface area (Å²) in [4.78, 5) is 28.7. The molecule has 0 radical (unpaired) electrons. The minimum Gasteiger partial charge on any atom is -0.347 e. The molecule has 2 amide bonds. The Morgan fingerprint density at radius 2 is 1.94 bits per heavy atom. The normalized spacial score (nSPS) is 19.2. The highest BCUT2D eigenvalue weighted by molar-refractivity contribution is 5.99. The molecule has 2 N–H and O–H groups in total. The number of hydrogen-bond acceptors (Lipinski definition) is 4. The summed E-state index contributed by atoms with van der Waals surface area (Å²) in [6, 6.07) is 11.5. The van der Waals surface area contributed by atoms with Crippen LogP contribution in [0.1, 0.15) is 62.9 Å². The average molecular weight is 466 g/mol. The summed E-state index contributed by atoms with van der Waals surface area (Å²) in [5, 5.41) is 16.6. The van der Waals surface area contributed by atoms with Crippen molar-refractivity contribution in [3.8, 4) is 6.07 Å². The van der Waals surface area contributed by atoms with Gasteiger partial charge in [-0.15, -0.1) is 0 Å². The molecule has 3 atom stereocenters. The molecule has 1 aromatic carbocycles. The molecule has 7 nitrogen and oxygen atoms in total. The lowest BCUT2D eigenvalue weighted by atomic mass is 9.83. The van der Waals surface area contributed by atoms with Gasteiger partial charge in [-0.25, -0.2) is 0 Å². The van der Waals surface area contributed by atoms with Crippen LogP contribution in [0.4, 0.5) is 0 Å². The highest BCUT2D eigenvalue weighted by atomic mass is 16.2. The second kappa shape index (κ2) is 12.0. The fourth-order valence-corrected chi connectivity index (χ4v) is 4.94. The smallest absolute Gasteiger partial charge is 0.268 e. The molecule has 1 heterocycles. The number of benzene rings is 1. The number of nitriles is 1. The number of hydrogen-bond donors (Lipinski definition) is 2. The quantitative estimate of drug-likeness (QED) is 0.556. The fourth-order valence-electron chi connectivity index (χ4n) is 4.94. The van der Waals surface area contributed by atoms with Crippen molar-refractivity contribution in [3.63, 3.8) is 0 Å². The summed E-state index contributed by atoms with van der Waals surface area (Å²) in [6.07, 6.45) is 4.99. The molecule has 0 spiro atoms. The molecule has 0 bridgehead atoms. The molecule has 1 aliphatic rings. The van der Waals surface area contributed by atoms with Gasteiger partial charge in [0.25, 0.3) is 5.91 Å². The van der Waals surface area contributed by atoms with E-state index in [-0.39, 0.29) is 23.8 Å². The third kappa shape index (κ3) is 6.60. The van der Waals surface area contributed by atoms with Crippen molar-refractivity contribution in [3.05, 3.63) is 36.0 Å². The van der Waals surface area contributed by atoms with Crippen molar-refractivity contribution in [2.24, 2.45) is 11.8 Å². The highest BCUT2D eigenvalue weighted by Crippen LogP contribution is 2.26. The van der Waals surface area contributed by atoms with Gasteiger partial charge < -0.3 is 20.1 Å². The van der Waals surface area contributed by atoms with E-state index in [9.17, 15) is 14.9 Å². The molecular weight excluding hydrogens is 426 g/mol. The van der Waals surface area contributed by atoms with Gasteiger partial charge in [0, 0.05) is 23.5 Å². The predicted octanol–water partition coefficient (Wildman–Crippen LogP) is 3.94. The Morgan fingerprint density at radius 3 is 2.65 bits per heavy atom. The standard InChI is InChI=1S/C27H39N5O2/c1-19(2)16-21(18-28)29-26(33)22-11-6-7-12-23(22)30-27(34)25-17-20-10-5-8-13-24(20)32(25)15-9-14-31(3)4/h5,8,10,13,17,19,21-23H,6-7,9,11-12,14-16H2,1-4H3,(H,29,33)(H,30,34)/t21-,22+,23-/m0/s1. The summed E-state index contributed by atoms with van der Waals surface area (Å²) < 4.78 is 2.10. The summed E-state index contributed by atoms with van der Waals surface area (Å²) in [5.74, 6) is -0.248. The van der Waals surface area contributed by atoms with Crippen LogP contribution in [-0.2, 0) is 11.3 Å². The van der Waals surface area contributed by atoms with E-state index >= 15 is 0 Å². The Kier molecular flexibility index (Phi) is 9.12. The van der Waals surface area contributed by atoms with Crippen LogP contribution in [0.5, 0.6) is 0 Å². The first-order valence-corrected chi connectivity index (χ1v) is 12.5. The van der Waals surface area contributed by atoms with Crippen molar-refractivity contribution in [1.82, 2.24) is 20.1 Å². The molecule has 184 valence electrons. The number of carbonyl (C=O) groups is 2. The zero-order valence-electron chi connectivity index (χ0n) is 21.0. The van der Waals surface area contributed by atoms with E-state index in [0.717, 1.165) is 56.1 Å². The molecule has 2 aromatic rings. The fraction of sp³-hybridized carbons (Fsp3) is 0.593. The average Bonchev–Trinajstić information content (AvgIpc) is 3.17. The van der Waals surface area contributed by atoms with E-state index < -0.39 is 6.04 Å². The maximum atomic E-state index is 13.5. The number of carbonyl (C=O) groups excluding carboxylic acids is 2. The van der Waals surface area contributed by atoms with Crippen molar-refractivity contribution in [1.29, 1.82) is 5.26 Å². The third-order valence-corrected chi connectivity index (χ3v) is 6.63. The summed E-state index contributed by atoms with van der Waals surface area (Å²) >= 11 is 0. The molecule has 0 saturated heterocycles. The van der Waals surface area contributed by atoms with E-state index in [1.165, 1.54) is 0 Å². The topological polar surface area (TPSA) is 90.2 Å². The van der Waals surface area contributed by atoms with Gasteiger partial charge in [0.1, 0.15) is 11.7 Å². The number of aryl methyl sites for hydroxylation is 1. The van der Waals surface area contributed by atoms with Crippen LogP contribution in [0, 0.1) is 23.2 Å². The number of nitrogens with one attached hydrogen (secondary N) is 2. The van der Waals surface area contributed by atoms with Gasteiger partial charge >= 0.3 is 0 Å². The Bertz CT molecular complexity index is 1020. The van der Waals surface area contributed by atoms with Crippen molar-refractivity contribution >= 4 is 22.7 Å². The molecular formula is C27H39N5O2. The zero-order valence-corrected chi connectivity index (χ0v) is 21.0. The van der Waals surface area contributed by atoms with Crippen LogP contribution in [0.25, 0.3) is 10.9 Å². The Hall–Kier alpha value is -2.85. The number of aromatic nitrogens is 1. The predicted molar refractivity (Wildman–Crippen MR) is 135 cm³/mol. The highest BCUT2D eigenvalue weighted by Gasteiger charge is 2.33. The molecule has 1 saturated carbocycles. The van der Waals surface area contributed by atoms with E-state index in [0.29, 0.717) is 18.0 Å². The minimum absolute atomic E-state index is 0.122. The van der Waals surface area contributed by atoms with E-state index in [1.807, 2.05) is 52.2 Å². The van der Waals surface area contributed by atoms with Crippen molar-refractivity contribution in [2.45, 2.75) is 71.0 Å². The van der Waals surface area contributed by atoms with Gasteiger partial charge in [-0.1, -0.05) is 44.9 Å². The van der Waals surface area contributed by atoms with Gasteiger partial charge in [-0.3, -0.25) is 9.59 Å². The van der Waals surface area contributed by atoms with Crippen LogP contribution in [0.3, 0.4) is 0 Å². The summed E-state index contributed by atoms with van der Waals surface area (Å²) in [6.45, 7) is 5.77. The maximum Gasteiger partial charge on any atom is 0.268 e. The summed E-state index contributed by atoms with van der Waals surface area (Å²) in [5.41, 5.74) is 1.69. The molecule has 0 aliphatic heterocycles. The van der Waals surface area contributed by atoms with Gasteiger partial charge in [0.05, 0.1) is 12.0 Å². The molecule has 1 aliphatic carbocycles. The van der Waals surface area contributed by atoms with E-state index in [2.05, 4.69) is 32.2 Å². The lowest BCUT2D eigenvalue weighted by Gasteiger charge is -2.32. The Morgan fingerprint density at radius 1 is 1.21 bits per heavy atom. The Labute approximate surface area is 203 Å². The SMILES string of the molecule is CC(C)C[C@@H](C#N)NC(=O)[C@@H]1CCCC[C@@H]1NC(=O)c1cc2ccccc2n1CCCN(C)C. The largest absolute Gasteiger partial charge is 0.347 e. The van der Waals surface area contributed by atoms with Gasteiger partial charge in [-0.05, 0) is 64.4 Å². The zero-order chi connectivity index (χ0) is 24.7. The number of nitrogens with zero attached hydrogens (tertiary/aromatic N) is 3. The maximum absolute atomic E-state index is 13.5. The van der Waals surface area contributed by atoms with Crippen LogP contribution >= 0.6 is 0 Å². The molecule has 3 rings (SSSR count). The lowest BCUT2D eigenvalue weighted by molar-refractivity contribution is -0.127. The monoisotopic (exact) mass is 465 g/mol. The van der Waals surface area contributed by atoms with Gasteiger partial charge in [-0.2, -0.15) is 5.26 Å². The molecule has 34 heavy (non-hydrogen) atoms. The number of para-hydroxylation sites is 1.